The molecule has 2 heterocycles. The second-order valence-corrected chi connectivity index (χ2v) is 7.67. The van der Waals surface area contributed by atoms with E-state index in [-0.39, 0.29) is 0 Å². The minimum absolute atomic E-state index is 0.439. The maximum absolute atomic E-state index is 6.26. The summed E-state index contributed by atoms with van der Waals surface area (Å²) < 4.78 is 6.26. The van der Waals surface area contributed by atoms with Crippen LogP contribution in [0.3, 0.4) is 0 Å². The molecule has 90 valence electrons. The molecule has 0 radical (unpaired) electrons. The highest BCUT2D eigenvalue weighted by atomic mass is 16.5. The number of hydrogen-bond donors (Lipinski definition) is 0. The molecule has 6 bridgehead atoms. The Morgan fingerprint density at radius 2 is 1.81 bits per heavy atom. The lowest BCUT2D eigenvalue weighted by Gasteiger charge is -2.41. The first kappa shape index (κ1) is 9.94. The number of ether oxygens (including phenoxy) is 1. The van der Waals surface area contributed by atoms with Crippen LogP contribution in [0.5, 0.6) is 0 Å². The van der Waals surface area contributed by atoms with Crippen LogP contribution in [0.15, 0.2) is 0 Å². The molecule has 1 nitrogen and oxygen atoms in total. The smallest absolute Gasteiger partial charge is 0.0629 e. The van der Waals surface area contributed by atoms with E-state index in [1.54, 1.807) is 0 Å². The van der Waals surface area contributed by atoms with Crippen molar-refractivity contribution in [2.75, 3.05) is 6.61 Å². The van der Waals surface area contributed by atoms with Gasteiger partial charge in [0.05, 0.1) is 12.7 Å². The monoisotopic (exact) mass is 220 g/mol. The van der Waals surface area contributed by atoms with E-state index in [1.165, 1.54) is 25.7 Å². The molecule has 5 rings (SSSR count). The van der Waals surface area contributed by atoms with Crippen molar-refractivity contribution in [2.24, 2.45) is 34.5 Å². The molecule has 5 aliphatic rings. The highest BCUT2D eigenvalue weighted by molar-refractivity contribution is 5.16. The van der Waals surface area contributed by atoms with E-state index in [0.29, 0.717) is 16.9 Å². The molecule has 2 aliphatic heterocycles. The van der Waals surface area contributed by atoms with Crippen molar-refractivity contribution < 1.29 is 4.74 Å². The van der Waals surface area contributed by atoms with Gasteiger partial charge in [-0.2, -0.15) is 0 Å². The first-order chi connectivity index (χ1) is 7.55. The quantitative estimate of drug-likeness (QED) is 0.607. The van der Waals surface area contributed by atoms with Crippen LogP contribution in [0.4, 0.5) is 0 Å². The van der Waals surface area contributed by atoms with Crippen molar-refractivity contribution in [1.82, 2.24) is 0 Å². The van der Waals surface area contributed by atoms with Crippen molar-refractivity contribution in [3.8, 4) is 0 Å². The summed E-state index contributed by atoms with van der Waals surface area (Å²) in [5.74, 6) is 3.88. The summed E-state index contributed by atoms with van der Waals surface area (Å²) >= 11 is 0. The van der Waals surface area contributed by atoms with Crippen LogP contribution in [0.2, 0.25) is 0 Å². The van der Waals surface area contributed by atoms with Gasteiger partial charge in [0.1, 0.15) is 0 Å². The highest BCUT2D eigenvalue weighted by Crippen LogP contribution is 2.72. The highest BCUT2D eigenvalue weighted by Gasteiger charge is 2.68. The average Bonchev–Trinajstić information content (AvgIpc) is 2.62. The standard InChI is InChI=1S/C15H24O/c1-14(2)12-6-7-15(3)10-5-4-9(13(10)14)11(15)8-16-12/h9-13H,4-8H2,1-3H3/t9-,10-,11+,12+,13+,15+/m1/s1. The third-order valence-electron chi connectivity index (χ3n) is 7.03. The van der Waals surface area contributed by atoms with Crippen molar-refractivity contribution in [1.29, 1.82) is 0 Å². The normalized spacial score (nSPS) is 61.3. The molecule has 5 fully saturated rings. The molecule has 0 aromatic carbocycles. The Bertz CT molecular complexity index is 334. The zero-order valence-electron chi connectivity index (χ0n) is 10.8. The first-order valence-corrected chi connectivity index (χ1v) is 7.17. The lowest BCUT2D eigenvalue weighted by molar-refractivity contribution is -0.0582. The van der Waals surface area contributed by atoms with Crippen LogP contribution >= 0.6 is 0 Å². The van der Waals surface area contributed by atoms with E-state index >= 15 is 0 Å². The van der Waals surface area contributed by atoms with Gasteiger partial charge in [-0.15, -0.1) is 0 Å². The van der Waals surface area contributed by atoms with E-state index in [2.05, 4.69) is 20.8 Å². The lowest BCUT2D eigenvalue weighted by atomic mass is 9.65. The Morgan fingerprint density at radius 1 is 1.00 bits per heavy atom. The first-order valence-electron chi connectivity index (χ1n) is 7.17. The molecule has 0 unspecified atom stereocenters. The predicted molar refractivity (Wildman–Crippen MR) is 64.1 cm³/mol. The summed E-state index contributed by atoms with van der Waals surface area (Å²) in [5.41, 5.74) is 1.07. The summed E-state index contributed by atoms with van der Waals surface area (Å²) in [6.07, 6.45) is 6.31. The predicted octanol–water partition coefficient (Wildman–Crippen LogP) is 3.48. The molecular weight excluding hydrogens is 196 g/mol. The second-order valence-electron chi connectivity index (χ2n) is 7.67. The van der Waals surface area contributed by atoms with E-state index in [9.17, 15) is 0 Å². The molecule has 0 aromatic heterocycles. The van der Waals surface area contributed by atoms with Gasteiger partial charge in [0.2, 0.25) is 0 Å². The molecule has 0 aromatic rings. The van der Waals surface area contributed by atoms with Gasteiger partial charge in [0.15, 0.2) is 0 Å². The summed E-state index contributed by atoms with van der Waals surface area (Å²) in [6.45, 7) is 8.64. The van der Waals surface area contributed by atoms with Crippen LogP contribution in [0.25, 0.3) is 0 Å². The van der Waals surface area contributed by atoms with Gasteiger partial charge in [0, 0.05) is 0 Å². The average molecular weight is 220 g/mol. The lowest BCUT2D eigenvalue weighted by Crippen LogP contribution is -2.39. The third kappa shape index (κ3) is 0.868. The van der Waals surface area contributed by atoms with E-state index in [4.69, 9.17) is 4.74 Å². The molecular formula is C15H24O. The van der Waals surface area contributed by atoms with Crippen LogP contribution in [-0.4, -0.2) is 12.7 Å². The Hall–Kier alpha value is -0.0400. The largest absolute Gasteiger partial charge is 0.377 e. The fraction of sp³-hybridized carbons (Fsp3) is 1.00. The molecule has 0 N–H and O–H groups in total. The Balaban J connectivity index is 1.92. The molecule has 1 heteroatoms. The number of fused-ring (bicyclic) bond motifs is 2. The third-order valence-corrected chi connectivity index (χ3v) is 7.03. The van der Waals surface area contributed by atoms with Crippen molar-refractivity contribution >= 4 is 0 Å². The molecule has 6 atom stereocenters. The fourth-order valence-corrected chi connectivity index (χ4v) is 6.29. The summed E-state index contributed by atoms with van der Waals surface area (Å²) in [6, 6.07) is 0. The van der Waals surface area contributed by atoms with Gasteiger partial charge in [-0.25, -0.2) is 0 Å². The van der Waals surface area contributed by atoms with Crippen LogP contribution < -0.4 is 0 Å². The van der Waals surface area contributed by atoms with Crippen LogP contribution in [0, 0.1) is 34.5 Å². The van der Waals surface area contributed by atoms with Gasteiger partial charge in [-0.3, -0.25) is 0 Å². The van der Waals surface area contributed by atoms with Gasteiger partial charge < -0.3 is 4.74 Å². The molecule has 0 amide bonds. The molecule has 3 aliphatic carbocycles. The molecule has 2 saturated heterocycles. The Kier molecular flexibility index (Phi) is 1.67. The Morgan fingerprint density at radius 3 is 2.62 bits per heavy atom. The number of hydrogen-bond acceptors (Lipinski definition) is 1. The zero-order chi connectivity index (χ0) is 11.1. The van der Waals surface area contributed by atoms with Gasteiger partial charge in [-0.1, -0.05) is 20.8 Å². The fourth-order valence-electron chi connectivity index (χ4n) is 6.29. The Labute approximate surface area is 98.9 Å². The van der Waals surface area contributed by atoms with E-state index in [1.807, 2.05) is 0 Å². The van der Waals surface area contributed by atoms with Crippen molar-refractivity contribution in [3.63, 3.8) is 0 Å². The van der Waals surface area contributed by atoms with Gasteiger partial charge in [0.25, 0.3) is 0 Å². The van der Waals surface area contributed by atoms with Gasteiger partial charge in [-0.05, 0) is 60.2 Å². The maximum atomic E-state index is 6.26. The van der Waals surface area contributed by atoms with E-state index in [0.717, 1.165) is 30.3 Å². The molecule has 16 heavy (non-hydrogen) atoms. The van der Waals surface area contributed by atoms with Crippen LogP contribution in [0.1, 0.15) is 46.5 Å². The minimum atomic E-state index is 0.439. The summed E-state index contributed by atoms with van der Waals surface area (Å²) in [5, 5.41) is 0. The molecule has 0 spiro atoms. The van der Waals surface area contributed by atoms with Crippen LogP contribution in [-0.2, 0) is 4.74 Å². The summed E-state index contributed by atoms with van der Waals surface area (Å²) in [4.78, 5) is 0. The second kappa shape index (κ2) is 2.68. The SMILES string of the molecule is CC1(C)[C@H]2[C@@H]3CC[C@H]2[C@]2(C)CC[C@@H]1OC[C@@H]32. The van der Waals surface area contributed by atoms with Gasteiger partial charge >= 0.3 is 0 Å². The molecule has 3 saturated carbocycles. The van der Waals surface area contributed by atoms with Crippen molar-refractivity contribution in [2.45, 2.75) is 52.6 Å². The van der Waals surface area contributed by atoms with E-state index < -0.39 is 0 Å². The summed E-state index contributed by atoms with van der Waals surface area (Å²) in [7, 11) is 0. The zero-order valence-corrected chi connectivity index (χ0v) is 10.8. The minimum Gasteiger partial charge on any atom is -0.377 e. The number of rotatable bonds is 0. The maximum Gasteiger partial charge on any atom is 0.0629 e. The van der Waals surface area contributed by atoms with Crippen molar-refractivity contribution in [3.05, 3.63) is 0 Å². The topological polar surface area (TPSA) is 9.23 Å².